The molecule has 0 aliphatic heterocycles. The molecule has 0 saturated heterocycles. The van der Waals surface area contributed by atoms with Crippen LogP contribution in [-0.2, 0) is 17.8 Å². The molecule has 1 amide bonds. The predicted octanol–water partition coefficient (Wildman–Crippen LogP) is 4.45. The van der Waals surface area contributed by atoms with Crippen LogP contribution < -0.4 is 14.8 Å². The van der Waals surface area contributed by atoms with Crippen molar-refractivity contribution in [1.82, 2.24) is 14.8 Å². The number of amides is 1. The highest BCUT2D eigenvalue weighted by molar-refractivity contribution is 5.89. The lowest BCUT2D eigenvalue weighted by Gasteiger charge is -2.14. The first-order chi connectivity index (χ1) is 16.5. The number of nitrogens with zero attached hydrogens (tertiary/aromatic N) is 3. The smallest absolute Gasteiger partial charge is 0.226 e. The van der Waals surface area contributed by atoms with Gasteiger partial charge in [0, 0.05) is 24.5 Å². The largest absolute Gasteiger partial charge is 0.493 e. The van der Waals surface area contributed by atoms with E-state index in [4.69, 9.17) is 13.9 Å². The summed E-state index contributed by atoms with van der Waals surface area (Å²) in [5.74, 6) is 0.0520. The van der Waals surface area contributed by atoms with Crippen LogP contribution in [-0.4, -0.2) is 34.9 Å². The van der Waals surface area contributed by atoms with Crippen molar-refractivity contribution >= 4 is 11.7 Å². The molecule has 0 unspecified atom stereocenters. The van der Waals surface area contributed by atoms with Crippen molar-refractivity contribution < 1.29 is 27.5 Å². The molecule has 2 aromatic heterocycles. The van der Waals surface area contributed by atoms with Crippen LogP contribution in [0.3, 0.4) is 0 Å². The van der Waals surface area contributed by atoms with Crippen molar-refractivity contribution in [1.29, 1.82) is 0 Å². The van der Waals surface area contributed by atoms with Crippen molar-refractivity contribution in [2.45, 2.75) is 19.4 Å². The van der Waals surface area contributed by atoms with Crippen LogP contribution in [0.2, 0.25) is 0 Å². The molecule has 176 valence electrons. The Kier molecular flexibility index (Phi) is 6.86. The SMILES string of the molecule is COc1cccc(Cn2nccc2NC(=O)CCc2ncc(-c3c(F)cccc3F)o2)c1OC. The standard InChI is InChI=1S/C24H22F2N4O4/c1-32-18-8-3-5-15(24(18)33-2)14-30-20(11-12-28-30)29-21(31)9-10-22-27-13-19(34-22)23-16(25)6-4-7-17(23)26/h3-8,11-13H,9-10,14H2,1-2H3,(H,29,31). The van der Waals surface area contributed by atoms with Crippen molar-refractivity contribution in [2.24, 2.45) is 0 Å². The molecule has 0 aliphatic carbocycles. The van der Waals surface area contributed by atoms with E-state index in [1.807, 2.05) is 12.1 Å². The molecule has 4 rings (SSSR count). The minimum atomic E-state index is -0.749. The molecular formula is C24H22F2N4O4. The zero-order chi connectivity index (χ0) is 24.1. The predicted molar refractivity (Wildman–Crippen MR) is 120 cm³/mol. The van der Waals surface area contributed by atoms with E-state index >= 15 is 0 Å². The van der Waals surface area contributed by atoms with Crippen LogP contribution in [0.25, 0.3) is 11.3 Å². The third kappa shape index (κ3) is 4.90. The number of nitrogens with one attached hydrogen (secondary N) is 1. The molecule has 2 heterocycles. The van der Waals surface area contributed by atoms with Gasteiger partial charge in [-0.3, -0.25) is 4.79 Å². The van der Waals surface area contributed by atoms with Crippen molar-refractivity contribution in [3.63, 3.8) is 0 Å². The summed E-state index contributed by atoms with van der Waals surface area (Å²) >= 11 is 0. The van der Waals surface area contributed by atoms with E-state index in [2.05, 4.69) is 15.4 Å². The number of hydrogen-bond donors (Lipinski definition) is 1. The number of methoxy groups -OCH3 is 2. The quantitative estimate of drug-likeness (QED) is 0.390. The van der Waals surface area contributed by atoms with Gasteiger partial charge in [0.2, 0.25) is 5.91 Å². The van der Waals surface area contributed by atoms with Crippen molar-refractivity contribution in [3.8, 4) is 22.8 Å². The molecule has 10 heteroatoms. The molecule has 0 spiro atoms. The van der Waals surface area contributed by atoms with Gasteiger partial charge in [0.15, 0.2) is 23.1 Å². The normalized spacial score (nSPS) is 10.8. The Hall–Kier alpha value is -4.21. The van der Waals surface area contributed by atoms with Crippen molar-refractivity contribution in [2.75, 3.05) is 19.5 Å². The highest BCUT2D eigenvalue weighted by Gasteiger charge is 2.17. The van der Waals surface area contributed by atoms with E-state index in [0.717, 1.165) is 17.7 Å². The summed E-state index contributed by atoms with van der Waals surface area (Å²) in [6.07, 6.45) is 3.02. The number of carbonyl (C=O) groups excluding carboxylic acids is 1. The molecule has 0 bridgehead atoms. The Labute approximate surface area is 194 Å². The van der Waals surface area contributed by atoms with E-state index in [9.17, 15) is 13.6 Å². The van der Waals surface area contributed by atoms with Gasteiger partial charge in [-0.05, 0) is 18.2 Å². The topological polar surface area (TPSA) is 91.4 Å². The fraction of sp³-hybridized carbons (Fsp3) is 0.208. The first-order valence-corrected chi connectivity index (χ1v) is 10.4. The molecule has 0 saturated carbocycles. The molecule has 4 aromatic rings. The maximum Gasteiger partial charge on any atom is 0.226 e. The maximum atomic E-state index is 13.9. The number of anilines is 1. The van der Waals surface area contributed by atoms with E-state index in [1.54, 1.807) is 37.2 Å². The van der Waals surface area contributed by atoms with Crippen LogP contribution in [0.15, 0.2) is 59.3 Å². The Morgan fingerprint density at radius 3 is 2.59 bits per heavy atom. The van der Waals surface area contributed by atoms with Gasteiger partial charge in [0.1, 0.15) is 17.5 Å². The summed E-state index contributed by atoms with van der Waals surface area (Å²) in [7, 11) is 3.12. The minimum Gasteiger partial charge on any atom is -0.493 e. The lowest BCUT2D eigenvalue weighted by molar-refractivity contribution is -0.116. The Bertz CT molecular complexity index is 1280. The Balaban J connectivity index is 1.39. The van der Waals surface area contributed by atoms with E-state index in [1.165, 1.54) is 12.3 Å². The molecular weight excluding hydrogens is 446 g/mol. The summed E-state index contributed by atoms with van der Waals surface area (Å²) in [6, 6.07) is 10.7. The summed E-state index contributed by atoms with van der Waals surface area (Å²) in [5, 5.41) is 7.07. The van der Waals surface area contributed by atoms with E-state index < -0.39 is 11.6 Å². The molecule has 0 fully saturated rings. The summed E-state index contributed by atoms with van der Waals surface area (Å²) in [5.41, 5.74) is 0.538. The van der Waals surface area contributed by atoms with Crippen LogP contribution in [0.5, 0.6) is 11.5 Å². The fourth-order valence-corrected chi connectivity index (χ4v) is 3.50. The van der Waals surface area contributed by atoms with E-state index in [-0.39, 0.29) is 36.0 Å². The number of carbonyl (C=O) groups is 1. The molecule has 0 atom stereocenters. The summed E-state index contributed by atoms with van der Waals surface area (Å²) < 4.78 is 45.7. The van der Waals surface area contributed by atoms with Gasteiger partial charge in [0.25, 0.3) is 0 Å². The molecule has 0 radical (unpaired) electrons. The second-order valence-corrected chi connectivity index (χ2v) is 7.29. The van der Waals surface area contributed by atoms with Gasteiger partial charge in [-0.1, -0.05) is 18.2 Å². The van der Waals surface area contributed by atoms with Crippen molar-refractivity contribution in [3.05, 3.63) is 77.9 Å². The second kappa shape index (κ2) is 10.2. The summed E-state index contributed by atoms with van der Waals surface area (Å²) in [6.45, 7) is 0.348. The van der Waals surface area contributed by atoms with Crippen LogP contribution in [0.1, 0.15) is 17.9 Å². The van der Waals surface area contributed by atoms with Gasteiger partial charge in [-0.2, -0.15) is 5.10 Å². The van der Waals surface area contributed by atoms with Gasteiger partial charge >= 0.3 is 0 Å². The number of benzene rings is 2. The fourth-order valence-electron chi connectivity index (χ4n) is 3.50. The van der Waals surface area contributed by atoms with Gasteiger partial charge in [0.05, 0.1) is 38.7 Å². The first-order valence-electron chi connectivity index (χ1n) is 10.4. The third-order valence-corrected chi connectivity index (χ3v) is 5.12. The van der Waals surface area contributed by atoms with Gasteiger partial charge in [-0.25, -0.2) is 18.4 Å². The number of aromatic nitrogens is 3. The number of para-hydroxylation sites is 1. The van der Waals surface area contributed by atoms with Gasteiger partial charge < -0.3 is 19.2 Å². The van der Waals surface area contributed by atoms with Crippen LogP contribution in [0, 0.1) is 11.6 Å². The monoisotopic (exact) mass is 468 g/mol. The number of halogens is 2. The van der Waals surface area contributed by atoms with Gasteiger partial charge in [-0.15, -0.1) is 0 Å². The maximum absolute atomic E-state index is 13.9. The number of aryl methyl sites for hydroxylation is 1. The van der Waals surface area contributed by atoms with Crippen LogP contribution >= 0.6 is 0 Å². The zero-order valence-corrected chi connectivity index (χ0v) is 18.5. The third-order valence-electron chi connectivity index (χ3n) is 5.12. The second-order valence-electron chi connectivity index (χ2n) is 7.29. The number of oxazole rings is 1. The molecule has 2 aromatic carbocycles. The Morgan fingerprint density at radius 1 is 1.09 bits per heavy atom. The van der Waals surface area contributed by atoms with Crippen LogP contribution in [0.4, 0.5) is 14.6 Å². The average Bonchev–Trinajstić information content (AvgIpc) is 3.47. The Morgan fingerprint density at radius 2 is 1.85 bits per heavy atom. The molecule has 34 heavy (non-hydrogen) atoms. The average molecular weight is 468 g/mol. The minimum absolute atomic E-state index is 0.0312. The zero-order valence-electron chi connectivity index (χ0n) is 18.5. The molecule has 0 aliphatic rings. The number of hydrogen-bond acceptors (Lipinski definition) is 6. The lowest BCUT2D eigenvalue weighted by Crippen LogP contribution is -2.16. The first kappa shape index (κ1) is 23.0. The highest BCUT2D eigenvalue weighted by Crippen LogP contribution is 2.31. The number of rotatable bonds is 9. The highest BCUT2D eigenvalue weighted by atomic mass is 19.1. The molecule has 8 nitrogen and oxygen atoms in total. The number of ether oxygens (including phenoxy) is 2. The molecule has 1 N–H and O–H groups in total. The summed E-state index contributed by atoms with van der Waals surface area (Å²) in [4.78, 5) is 16.5. The lowest BCUT2D eigenvalue weighted by atomic mass is 10.1. The van der Waals surface area contributed by atoms with E-state index in [0.29, 0.717) is 23.9 Å².